The van der Waals surface area contributed by atoms with Crippen molar-refractivity contribution in [1.82, 2.24) is 10.2 Å². The molecular weight excluding hydrogens is 501 g/mol. The summed E-state index contributed by atoms with van der Waals surface area (Å²) in [7, 11) is 2.05. The summed E-state index contributed by atoms with van der Waals surface area (Å²) in [6, 6.07) is 20.4. The van der Waals surface area contributed by atoms with Gasteiger partial charge in [0.15, 0.2) is 0 Å². The van der Waals surface area contributed by atoms with Crippen molar-refractivity contribution in [2.75, 3.05) is 32.0 Å². The number of nitrogens with zero attached hydrogens (tertiary/aromatic N) is 2. The molecule has 0 saturated carbocycles. The third-order valence-electron chi connectivity index (χ3n) is 6.88. The molecule has 2 N–H and O–H groups in total. The second-order valence-electron chi connectivity index (χ2n) is 9.35. The fourth-order valence-corrected chi connectivity index (χ4v) is 4.87. The van der Waals surface area contributed by atoms with Crippen LogP contribution in [0.15, 0.2) is 66.7 Å². The normalized spacial score (nSPS) is 15.6. The summed E-state index contributed by atoms with van der Waals surface area (Å²) in [5.74, 6) is 0. The molecule has 2 amide bonds. The second kappa shape index (κ2) is 10.8. The number of carbonyl (C=O) groups excluding carboxylic acids is 1. The van der Waals surface area contributed by atoms with Crippen molar-refractivity contribution >= 4 is 23.3 Å². The Labute approximate surface area is 218 Å². The van der Waals surface area contributed by atoms with E-state index < -0.39 is 22.8 Å². The smallest absolute Gasteiger partial charge is 0.337 e. The first-order valence-corrected chi connectivity index (χ1v) is 12.2. The maximum absolute atomic E-state index is 13.2. The van der Waals surface area contributed by atoms with Crippen LogP contribution < -0.4 is 10.6 Å². The number of nitrogens with one attached hydrogen (secondary N) is 2. The average Bonchev–Trinajstić information content (AvgIpc) is 2.89. The number of piperidine rings is 1. The van der Waals surface area contributed by atoms with Gasteiger partial charge in [0.05, 0.1) is 22.2 Å². The van der Waals surface area contributed by atoms with Gasteiger partial charge in [0.2, 0.25) is 0 Å². The van der Waals surface area contributed by atoms with Gasteiger partial charge in [0.25, 0.3) is 0 Å². The number of hydrogen-bond donors (Lipinski definition) is 2. The number of halogens is 4. The van der Waals surface area contributed by atoms with Gasteiger partial charge in [-0.15, -0.1) is 0 Å². The maximum atomic E-state index is 13.2. The van der Waals surface area contributed by atoms with Gasteiger partial charge < -0.3 is 15.5 Å². The standard InChI is InChI=1S/C28H26ClF3N4O/c1-36-13-11-27(12-14-36,22-7-5-20(6-8-22)21-4-2-3-19(15-21)17-33)18-34-26(37)35-23-9-10-25(29)24(16-23)28(30,31)32/h2-10,15-16H,11-14,18H2,1H3,(H2,34,35,37). The Balaban J connectivity index is 1.50. The van der Waals surface area contributed by atoms with Gasteiger partial charge in [-0.3, -0.25) is 0 Å². The molecule has 3 aromatic rings. The van der Waals surface area contributed by atoms with E-state index in [0.29, 0.717) is 12.1 Å². The zero-order chi connectivity index (χ0) is 26.6. The number of hydrogen-bond acceptors (Lipinski definition) is 3. The lowest BCUT2D eigenvalue weighted by atomic mass is 9.72. The summed E-state index contributed by atoms with van der Waals surface area (Å²) in [6.45, 7) is 2.03. The molecular formula is C28H26ClF3N4O. The minimum atomic E-state index is -4.62. The molecule has 37 heavy (non-hydrogen) atoms. The summed E-state index contributed by atoms with van der Waals surface area (Å²) < 4.78 is 39.5. The van der Waals surface area contributed by atoms with E-state index in [9.17, 15) is 23.2 Å². The van der Waals surface area contributed by atoms with Gasteiger partial charge >= 0.3 is 12.2 Å². The summed E-state index contributed by atoms with van der Waals surface area (Å²) in [5, 5.41) is 14.1. The monoisotopic (exact) mass is 526 g/mol. The van der Waals surface area contributed by atoms with E-state index >= 15 is 0 Å². The van der Waals surface area contributed by atoms with Crippen LogP contribution in [0.5, 0.6) is 0 Å². The van der Waals surface area contributed by atoms with E-state index in [2.05, 4.69) is 21.6 Å². The van der Waals surface area contributed by atoms with Gasteiger partial charge in [-0.2, -0.15) is 18.4 Å². The maximum Gasteiger partial charge on any atom is 0.417 e. The summed E-state index contributed by atoms with van der Waals surface area (Å²) >= 11 is 5.68. The highest BCUT2D eigenvalue weighted by Gasteiger charge is 2.36. The molecule has 1 saturated heterocycles. The van der Waals surface area contributed by atoms with Gasteiger partial charge in [0, 0.05) is 17.6 Å². The van der Waals surface area contributed by atoms with Crippen molar-refractivity contribution in [2.45, 2.75) is 24.4 Å². The van der Waals surface area contributed by atoms with Crippen molar-refractivity contribution in [1.29, 1.82) is 5.26 Å². The molecule has 9 heteroatoms. The highest BCUT2D eigenvalue weighted by atomic mass is 35.5. The molecule has 1 fully saturated rings. The average molecular weight is 527 g/mol. The van der Waals surface area contributed by atoms with E-state index in [1.54, 1.807) is 6.07 Å². The van der Waals surface area contributed by atoms with Gasteiger partial charge in [0.1, 0.15) is 0 Å². The molecule has 0 unspecified atom stereocenters. The second-order valence-corrected chi connectivity index (χ2v) is 9.76. The Morgan fingerprint density at radius 1 is 1.05 bits per heavy atom. The Bertz CT molecular complexity index is 1310. The molecule has 0 atom stereocenters. The lowest BCUT2D eigenvalue weighted by molar-refractivity contribution is -0.137. The number of anilines is 1. The molecule has 4 rings (SSSR count). The number of nitriles is 1. The fraction of sp³-hybridized carbons (Fsp3) is 0.286. The van der Waals surface area contributed by atoms with Crippen molar-refractivity contribution in [3.8, 4) is 17.2 Å². The quantitative estimate of drug-likeness (QED) is 0.389. The Hall–Kier alpha value is -3.54. The van der Waals surface area contributed by atoms with E-state index in [0.717, 1.165) is 54.8 Å². The number of rotatable bonds is 5. The van der Waals surface area contributed by atoms with Crippen LogP contribution >= 0.6 is 11.6 Å². The molecule has 1 heterocycles. The van der Waals surface area contributed by atoms with E-state index in [4.69, 9.17) is 11.6 Å². The molecule has 1 aliphatic rings. The van der Waals surface area contributed by atoms with E-state index in [-0.39, 0.29) is 11.1 Å². The lowest BCUT2D eigenvalue weighted by Crippen LogP contribution is -2.48. The van der Waals surface area contributed by atoms with Crippen LogP contribution in [0.1, 0.15) is 29.5 Å². The number of amides is 2. The molecule has 192 valence electrons. The summed E-state index contributed by atoms with van der Waals surface area (Å²) in [6.07, 6.45) is -3.00. The zero-order valence-electron chi connectivity index (χ0n) is 20.2. The third kappa shape index (κ3) is 6.24. The van der Waals surface area contributed by atoms with E-state index in [1.165, 1.54) is 6.07 Å². The third-order valence-corrected chi connectivity index (χ3v) is 7.21. The molecule has 0 bridgehead atoms. The highest BCUT2D eigenvalue weighted by Crippen LogP contribution is 2.37. The lowest BCUT2D eigenvalue weighted by Gasteiger charge is -2.41. The minimum Gasteiger partial charge on any atom is -0.337 e. The van der Waals surface area contributed by atoms with Crippen molar-refractivity contribution < 1.29 is 18.0 Å². The molecule has 0 spiro atoms. The molecule has 0 radical (unpaired) electrons. The van der Waals surface area contributed by atoms with Crippen LogP contribution in [0.2, 0.25) is 5.02 Å². The van der Waals surface area contributed by atoms with Gasteiger partial charge in [-0.25, -0.2) is 4.79 Å². The summed E-state index contributed by atoms with van der Waals surface area (Å²) in [4.78, 5) is 14.9. The molecule has 0 aromatic heterocycles. The van der Waals surface area contributed by atoms with Crippen LogP contribution in [0.25, 0.3) is 11.1 Å². The first-order chi connectivity index (χ1) is 17.6. The van der Waals surface area contributed by atoms with Gasteiger partial charge in [-0.1, -0.05) is 48.0 Å². The van der Waals surface area contributed by atoms with Crippen LogP contribution in [0.3, 0.4) is 0 Å². The number of benzene rings is 3. The first-order valence-electron chi connectivity index (χ1n) is 11.8. The predicted octanol–water partition coefficient (Wildman–Crippen LogP) is 6.68. The Kier molecular flexibility index (Phi) is 7.76. The molecule has 0 aliphatic carbocycles. The van der Waals surface area contributed by atoms with Crippen LogP contribution in [-0.2, 0) is 11.6 Å². The number of likely N-dealkylation sites (tertiary alicyclic amines) is 1. The highest BCUT2D eigenvalue weighted by molar-refractivity contribution is 6.31. The van der Waals surface area contributed by atoms with Gasteiger partial charge in [-0.05, 0) is 80.0 Å². The minimum absolute atomic E-state index is 0.00982. The molecule has 3 aromatic carbocycles. The van der Waals surface area contributed by atoms with Crippen molar-refractivity contribution in [3.05, 3.63) is 88.4 Å². The van der Waals surface area contributed by atoms with Crippen LogP contribution in [0.4, 0.5) is 23.7 Å². The largest absolute Gasteiger partial charge is 0.417 e. The zero-order valence-corrected chi connectivity index (χ0v) is 21.0. The predicted molar refractivity (Wildman–Crippen MR) is 138 cm³/mol. The topological polar surface area (TPSA) is 68.2 Å². The molecule has 1 aliphatic heterocycles. The summed E-state index contributed by atoms with van der Waals surface area (Å²) in [5.41, 5.74) is 2.28. The first kappa shape index (κ1) is 26.5. The van der Waals surface area contributed by atoms with Crippen LogP contribution in [-0.4, -0.2) is 37.6 Å². The number of urea groups is 1. The number of carbonyl (C=O) groups is 1. The van der Waals surface area contributed by atoms with Crippen molar-refractivity contribution in [2.24, 2.45) is 0 Å². The fourth-order valence-electron chi connectivity index (χ4n) is 4.64. The Morgan fingerprint density at radius 3 is 2.41 bits per heavy atom. The van der Waals surface area contributed by atoms with E-state index in [1.807, 2.05) is 49.5 Å². The molecule has 5 nitrogen and oxygen atoms in total. The number of alkyl halides is 3. The van der Waals surface area contributed by atoms with Crippen molar-refractivity contribution in [3.63, 3.8) is 0 Å². The van der Waals surface area contributed by atoms with Crippen LogP contribution in [0, 0.1) is 11.3 Å². The SMILES string of the molecule is CN1CCC(CNC(=O)Nc2ccc(Cl)c(C(F)(F)F)c2)(c2ccc(-c3cccc(C#N)c3)cc2)CC1. The Morgan fingerprint density at radius 2 is 1.76 bits per heavy atom.